The lowest BCUT2D eigenvalue weighted by Gasteiger charge is -2.31. The number of hydrogen-bond donors (Lipinski definition) is 1. The van der Waals surface area contributed by atoms with Crippen LogP contribution in [0.4, 0.5) is 0 Å². The molecule has 1 N–H and O–H groups in total. The molecule has 0 bridgehead atoms. The van der Waals surface area contributed by atoms with Crippen molar-refractivity contribution in [3.8, 4) is 5.75 Å². The molecule has 27 heavy (non-hydrogen) atoms. The first-order valence-corrected chi connectivity index (χ1v) is 9.55. The van der Waals surface area contributed by atoms with E-state index < -0.39 is 0 Å². The van der Waals surface area contributed by atoms with Gasteiger partial charge in [-0.25, -0.2) is 4.98 Å². The highest BCUT2D eigenvalue weighted by atomic mass is 35.5. The number of imidazole rings is 1. The normalized spacial score (nSPS) is 17.9. The monoisotopic (exact) mass is 383 g/mol. The first-order chi connectivity index (χ1) is 13.1. The van der Waals surface area contributed by atoms with Gasteiger partial charge in [0.05, 0.1) is 30.3 Å². The Morgan fingerprint density at radius 3 is 3.00 bits per heavy atom. The van der Waals surface area contributed by atoms with Crippen LogP contribution >= 0.6 is 11.6 Å². The molecule has 2 aromatic carbocycles. The van der Waals surface area contributed by atoms with Crippen LogP contribution in [0.1, 0.15) is 29.0 Å². The number of aromatic nitrogens is 2. The summed E-state index contributed by atoms with van der Waals surface area (Å²) >= 11 is 6.10. The van der Waals surface area contributed by atoms with E-state index >= 15 is 0 Å². The maximum absolute atomic E-state index is 13.1. The fourth-order valence-corrected chi connectivity index (χ4v) is 3.97. The van der Waals surface area contributed by atoms with E-state index in [1.807, 2.05) is 24.3 Å². The minimum atomic E-state index is -0.0597. The summed E-state index contributed by atoms with van der Waals surface area (Å²) in [6, 6.07) is 13.2. The number of Topliss-reactive ketones (excluding diaryl/α,β-unsaturated/α-hetero) is 1. The summed E-state index contributed by atoms with van der Waals surface area (Å²) in [4.78, 5) is 23.4. The lowest BCUT2D eigenvalue weighted by Crippen LogP contribution is -2.38. The van der Waals surface area contributed by atoms with Crippen LogP contribution in [0.3, 0.4) is 0 Å². The zero-order valence-corrected chi connectivity index (χ0v) is 16.0. The number of carbonyl (C=O) groups excluding carboxylic acids is 1. The lowest BCUT2D eigenvalue weighted by atomic mass is 9.89. The number of fused-ring (bicyclic) bond motifs is 1. The standard InChI is InChI=1S/C21H22ClN3O2/c1-27-19-9-8-15(22)11-16(19)21(26)14-5-4-10-25(12-14)13-20-23-17-6-2-3-7-18(17)24-20/h2-3,6-9,11,14H,4-5,10,12-13H2,1H3,(H,23,24)/t14-/m0/s1. The third-order valence-corrected chi connectivity index (χ3v) is 5.35. The van der Waals surface area contributed by atoms with Gasteiger partial charge in [0, 0.05) is 17.5 Å². The molecule has 0 aliphatic carbocycles. The number of hydrogen-bond acceptors (Lipinski definition) is 4. The predicted molar refractivity (Wildman–Crippen MR) is 106 cm³/mol. The van der Waals surface area contributed by atoms with Crippen LogP contribution in [0, 0.1) is 5.92 Å². The SMILES string of the molecule is COc1ccc(Cl)cc1C(=O)[C@H]1CCCN(Cc2nc3ccccc3[nH]2)C1. The molecule has 0 saturated carbocycles. The smallest absolute Gasteiger partial charge is 0.170 e. The van der Waals surface area contributed by atoms with Gasteiger partial charge >= 0.3 is 0 Å². The largest absolute Gasteiger partial charge is 0.496 e. The molecule has 0 spiro atoms. The summed E-state index contributed by atoms with van der Waals surface area (Å²) in [5.41, 5.74) is 2.59. The first kappa shape index (κ1) is 18.0. The number of nitrogens with one attached hydrogen (secondary N) is 1. The molecule has 0 radical (unpaired) electrons. The molecular weight excluding hydrogens is 362 g/mol. The zero-order valence-electron chi connectivity index (χ0n) is 15.2. The van der Waals surface area contributed by atoms with Crippen molar-refractivity contribution in [2.45, 2.75) is 19.4 Å². The molecule has 4 rings (SSSR count). The Morgan fingerprint density at radius 2 is 2.19 bits per heavy atom. The van der Waals surface area contributed by atoms with Gasteiger partial charge in [-0.3, -0.25) is 9.69 Å². The third kappa shape index (κ3) is 3.84. The number of likely N-dealkylation sites (tertiary alicyclic amines) is 1. The molecule has 0 amide bonds. The number of aromatic amines is 1. The van der Waals surface area contributed by atoms with Crippen LogP contribution in [0.15, 0.2) is 42.5 Å². The molecule has 1 saturated heterocycles. The Kier molecular flexibility index (Phi) is 5.14. The highest BCUT2D eigenvalue weighted by molar-refractivity contribution is 6.31. The number of ether oxygens (including phenoxy) is 1. The summed E-state index contributed by atoms with van der Waals surface area (Å²) in [6.07, 6.45) is 1.87. The van der Waals surface area contributed by atoms with Crippen LogP contribution in [0.5, 0.6) is 5.75 Å². The third-order valence-electron chi connectivity index (χ3n) is 5.12. The number of benzene rings is 2. The molecule has 1 fully saturated rings. The molecule has 1 aromatic heterocycles. The number of halogens is 1. The fraction of sp³-hybridized carbons (Fsp3) is 0.333. The van der Waals surface area contributed by atoms with Crippen LogP contribution in [-0.2, 0) is 6.54 Å². The van der Waals surface area contributed by atoms with E-state index in [2.05, 4.69) is 14.9 Å². The van der Waals surface area contributed by atoms with Crippen molar-refractivity contribution in [1.29, 1.82) is 0 Å². The molecule has 2 heterocycles. The summed E-state index contributed by atoms with van der Waals surface area (Å²) in [7, 11) is 1.58. The predicted octanol–water partition coefficient (Wildman–Crippen LogP) is 4.32. The van der Waals surface area contributed by atoms with Gasteiger partial charge in [-0.15, -0.1) is 0 Å². The van der Waals surface area contributed by atoms with E-state index in [1.165, 1.54) is 0 Å². The minimum absolute atomic E-state index is 0.0597. The average molecular weight is 384 g/mol. The van der Waals surface area contributed by atoms with Crippen molar-refractivity contribution in [3.63, 3.8) is 0 Å². The highest BCUT2D eigenvalue weighted by Crippen LogP contribution is 2.29. The van der Waals surface area contributed by atoms with Crippen molar-refractivity contribution >= 4 is 28.4 Å². The Hall–Kier alpha value is -2.37. The van der Waals surface area contributed by atoms with E-state index in [1.54, 1.807) is 25.3 Å². The molecule has 5 nitrogen and oxygen atoms in total. The van der Waals surface area contributed by atoms with E-state index in [9.17, 15) is 4.79 Å². The molecule has 1 atom stereocenters. The van der Waals surface area contributed by atoms with Gasteiger partial charge in [-0.2, -0.15) is 0 Å². The number of methoxy groups -OCH3 is 1. The van der Waals surface area contributed by atoms with E-state index in [-0.39, 0.29) is 11.7 Å². The maximum atomic E-state index is 13.1. The number of piperidine rings is 1. The van der Waals surface area contributed by atoms with Crippen molar-refractivity contribution in [2.24, 2.45) is 5.92 Å². The van der Waals surface area contributed by atoms with Crippen LogP contribution < -0.4 is 4.74 Å². The van der Waals surface area contributed by atoms with E-state index in [4.69, 9.17) is 16.3 Å². The number of ketones is 1. The minimum Gasteiger partial charge on any atom is -0.496 e. The number of rotatable bonds is 5. The van der Waals surface area contributed by atoms with Crippen molar-refractivity contribution < 1.29 is 9.53 Å². The van der Waals surface area contributed by atoms with Crippen LogP contribution in [0.25, 0.3) is 11.0 Å². The van der Waals surface area contributed by atoms with Gasteiger partial charge in [-0.1, -0.05) is 23.7 Å². The van der Waals surface area contributed by atoms with Crippen molar-refractivity contribution in [1.82, 2.24) is 14.9 Å². The van der Waals surface area contributed by atoms with Gasteiger partial charge in [0.15, 0.2) is 5.78 Å². The fourth-order valence-electron chi connectivity index (χ4n) is 3.80. The van der Waals surface area contributed by atoms with Gasteiger partial charge in [0.25, 0.3) is 0 Å². The molecule has 6 heteroatoms. The molecule has 0 unspecified atom stereocenters. The Balaban J connectivity index is 1.49. The Labute approximate surface area is 163 Å². The molecule has 3 aromatic rings. The molecule has 1 aliphatic heterocycles. The Bertz CT molecular complexity index is 936. The quantitative estimate of drug-likeness (QED) is 0.666. The van der Waals surface area contributed by atoms with Crippen LogP contribution in [0.2, 0.25) is 5.02 Å². The number of H-pyrrole nitrogens is 1. The Morgan fingerprint density at radius 1 is 1.33 bits per heavy atom. The second kappa shape index (κ2) is 7.71. The van der Waals surface area contributed by atoms with Crippen LogP contribution in [-0.4, -0.2) is 40.9 Å². The maximum Gasteiger partial charge on any atom is 0.170 e. The zero-order chi connectivity index (χ0) is 18.8. The summed E-state index contributed by atoms with van der Waals surface area (Å²) in [5.74, 6) is 1.56. The van der Waals surface area contributed by atoms with E-state index in [0.717, 1.165) is 36.2 Å². The van der Waals surface area contributed by atoms with Gasteiger partial charge in [0.1, 0.15) is 11.6 Å². The van der Waals surface area contributed by atoms with Crippen molar-refractivity contribution in [3.05, 3.63) is 58.9 Å². The second-order valence-electron chi connectivity index (χ2n) is 6.98. The van der Waals surface area contributed by atoms with E-state index in [0.29, 0.717) is 29.4 Å². The van der Waals surface area contributed by atoms with Gasteiger partial charge in [-0.05, 0) is 49.7 Å². The molecule has 140 valence electrons. The number of para-hydroxylation sites is 2. The average Bonchev–Trinajstić information content (AvgIpc) is 3.09. The first-order valence-electron chi connectivity index (χ1n) is 9.18. The lowest BCUT2D eigenvalue weighted by molar-refractivity contribution is 0.0806. The van der Waals surface area contributed by atoms with Crippen molar-refractivity contribution in [2.75, 3.05) is 20.2 Å². The van der Waals surface area contributed by atoms with Gasteiger partial charge < -0.3 is 9.72 Å². The molecule has 1 aliphatic rings. The molecular formula is C21H22ClN3O2. The summed E-state index contributed by atoms with van der Waals surface area (Å²) in [5, 5.41) is 0.550. The summed E-state index contributed by atoms with van der Waals surface area (Å²) in [6.45, 7) is 2.39. The number of nitrogens with zero attached hydrogens (tertiary/aromatic N) is 2. The second-order valence-corrected chi connectivity index (χ2v) is 7.42. The highest BCUT2D eigenvalue weighted by Gasteiger charge is 2.29. The van der Waals surface area contributed by atoms with Gasteiger partial charge in [0.2, 0.25) is 0 Å². The topological polar surface area (TPSA) is 58.2 Å². The number of carbonyl (C=O) groups is 1. The summed E-state index contributed by atoms with van der Waals surface area (Å²) < 4.78 is 5.36.